The third kappa shape index (κ3) is 6.30. The standard InChI is InChI=1S/C22H27NO5/c1-15(2)18-6-5-7-20(12-18)28-16(3)22(26)23(4)13-17-8-10-19(11-9-17)27-14-21(24)25/h5-12,15-16H,13-14H2,1-4H3,(H,24,25). The van der Waals surface area contributed by atoms with Gasteiger partial charge in [-0.3, -0.25) is 4.79 Å². The maximum atomic E-state index is 12.6. The normalized spacial score (nSPS) is 11.8. The van der Waals surface area contributed by atoms with Gasteiger partial charge in [0.15, 0.2) is 12.7 Å². The molecule has 1 unspecified atom stereocenters. The number of nitrogens with zero attached hydrogens (tertiary/aromatic N) is 1. The molecular weight excluding hydrogens is 358 g/mol. The minimum atomic E-state index is -1.03. The van der Waals surface area contributed by atoms with Crippen LogP contribution in [0.25, 0.3) is 0 Å². The number of carboxylic acid groups (broad SMARTS) is 1. The summed E-state index contributed by atoms with van der Waals surface area (Å²) in [6.45, 7) is 5.99. The van der Waals surface area contributed by atoms with E-state index in [1.54, 1.807) is 43.1 Å². The number of hydrogen-bond acceptors (Lipinski definition) is 4. The van der Waals surface area contributed by atoms with Gasteiger partial charge in [-0.15, -0.1) is 0 Å². The highest BCUT2D eigenvalue weighted by atomic mass is 16.5. The van der Waals surface area contributed by atoms with Gasteiger partial charge in [-0.25, -0.2) is 4.79 Å². The number of carbonyl (C=O) groups excluding carboxylic acids is 1. The first-order valence-corrected chi connectivity index (χ1v) is 9.21. The molecule has 1 amide bonds. The van der Waals surface area contributed by atoms with Gasteiger partial charge in [-0.1, -0.05) is 38.1 Å². The fourth-order valence-corrected chi connectivity index (χ4v) is 2.70. The van der Waals surface area contributed by atoms with Gasteiger partial charge < -0.3 is 19.5 Å². The second-order valence-corrected chi connectivity index (χ2v) is 7.01. The zero-order valence-electron chi connectivity index (χ0n) is 16.7. The van der Waals surface area contributed by atoms with Crippen molar-refractivity contribution in [1.29, 1.82) is 0 Å². The number of rotatable bonds is 9. The molecule has 2 aromatic rings. The summed E-state index contributed by atoms with van der Waals surface area (Å²) < 4.78 is 10.9. The van der Waals surface area contributed by atoms with Crippen LogP contribution in [-0.4, -0.2) is 41.6 Å². The van der Waals surface area contributed by atoms with Crippen LogP contribution in [0.2, 0.25) is 0 Å². The molecule has 0 aromatic heterocycles. The Balaban J connectivity index is 1.92. The molecule has 0 radical (unpaired) electrons. The van der Waals surface area contributed by atoms with Crippen molar-refractivity contribution in [3.63, 3.8) is 0 Å². The number of carbonyl (C=O) groups is 2. The van der Waals surface area contributed by atoms with E-state index in [1.165, 1.54) is 0 Å². The van der Waals surface area contributed by atoms with Gasteiger partial charge in [0.25, 0.3) is 5.91 Å². The predicted octanol–water partition coefficient (Wildman–Crippen LogP) is 3.70. The molecule has 2 aromatic carbocycles. The van der Waals surface area contributed by atoms with Crippen LogP contribution in [0.15, 0.2) is 48.5 Å². The van der Waals surface area contributed by atoms with Gasteiger partial charge in [0.05, 0.1) is 0 Å². The molecule has 6 heteroatoms. The number of amides is 1. The lowest BCUT2D eigenvalue weighted by molar-refractivity contribution is -0.139. The molecule has 0 fully saturated rings. The maximum Gasteiger partial charge on any atom is 0.341 e. The van der Waals surface area contributed by atoms with E-state index in [9.17, 15) is 9.59 Å². The SMILES string of the molecule is CC(Oc1cccc(C(C)C)c1)C(=O)N(C)Cc1ccc(OCC(=O)O)cc1. The van der Waals surface area contributed by atoms with Crippen molar-refractivity contribution in [2.45, 2.75) is 39.3 Å². The molecule has 6 nitrogen and oxygen atoms in total. The second-order valence-electron chi connectivity index (χ2n) is 7.01. The van der Waals surface area contributed by atoms with E-state index in [1.807, 2.05) is 24.3 Å². The van der Waals surface area contributed by atoms with Crippen molar-refractivity contribution in [3.05, 3.63) is 59.7 Å². The lowest BCUT2D eigenvalue weighted by Crippen LogP contribution is -2.37. The van der Waals surface area contributed by atoms with Crippen LogP contribution in [0.5, 0.6) is 11.5 Å². The van der Waals surface area contributed by atoms with Crippen molar-refractivity contribution in [1.82, 2.24) is 4.90 Å². The Morgan fingerprint density at radius 3 is 2.32 bits per heavy atom. The highest BCUT2D eigenvalue weighted by Gasteiger charge is 2.19. The second kappa shape index (κ2) is 9.78. The molecule has 0 bridgehead atoms. The number of carboxylic acids is 1. The van der Waals surface area contributed by atoms with Gasteiger partial charge in [0.2, 0.25) is 0 Å². The first kappa shape index (κ1) is 21.3. The number of ether oxygens (including phenoxy) is 2. The number of aliphatic carboxylic acids is 1. The van der Waals surface area contributed by atoms with Crippen molar-refractivity contribution in [2.24, 2.45) is 0 Å². The summed E-state index contributed by atoms with van der Waals surface area (Å²) in [6.07, 6.45) is -0.606. The molecule has 0 saturated heterocycles. The Hall–Kier alpha value is -3.02. The van der Waals surface area contributed by atoms with Gasteiger partial charge >= 0.3 is 5.97 Å². The molecule has 0 aliphatic rings. The smallest absolute Gasteiger partial charge is 0.341 e. The van der Waals surface area contributed by atoms with Crippen molar-refractivity contribution in [3.8, 4) is 11.5 Å². The number of likely N-dealkylation sites (N-methyl/N-ethyl adjacent to an activating group) is 1. The predicted molar refractivity (Wildman–Crippen MR) is 107 cm³/mol. The number of benzene rings is 2. The molecule has 0 saturated carbocycles. The maximum absolute atomic E-state index is 12.6. The summed E-state index contributed by atoms with van der Waals surface area (Å²) in [5, 5.41) is 8.63. The summed E-state index contributed by atoms with van der Waals surface area (Å²) >= 11 is 0. The first-order valence-electron chi connectivity index (χ1n) is 9.21. The van der Waals surface area contributed by atoms with Crippen LogP contribution in [0, 0.1) is 0 Å². The third-order valence-electron chi connectivity index (χ3n) is 4.27. The summed E-state index contributed by atoms with van der Waals surface area (Å²) in [7, 11) is 1.72. The molecule has 1 N–H and O–H groups in total. The van der Waals surface area contributed by atoms with E-state index < -0.39 is 12.1 Å². The lowest BCUT2D eigenvalue weighted by Gasteiger charge is -2.22. The summed E-state index contributed by atoms with van der Waals surface area (Å²) in [6, 6.07) is 14.8. The fraction of sp³-hybridized carbons (Fsp3) is 0.364. The van der Waals surface area contributed by atoms with Crippen LogP contribution in [-0.2, 0) is 16.1 Å². The van der Waals surface area contributed by atoms with Gasteiger partial charge in [-0.05, 0) is 48.2 Å². The van der Waals surface area contributed by atoms with E-state index in [0.717, 1.165) is 11.1 Å². The Bertz CT molecular complexity index is 801. The highest BCUT2D eigenvalue weighted by molar-refractivity contribution is 5.80. The van der Waals surface area contributed by atoms with E-state index in [4.69, 9.17) is 14.6 Å². The zero-order valence-corrected chi connectivity index (χ0v) is 16.7. The monoisotopic (exact) mass is 385 g/mol. The van der Waals surface area contributed by atoms with Gasteiger partial charge in [0.1, 0.15) is 11.5 Å². The fourth-order valence-electron chi connectivity index (χ4n) is 2.70. The van der Waals surface area contributed by atoms with Crippen LogP contribution < -0.4 is 9.47 Å². The Morgan fingerprint density at radius 1 is 1.04 bits per heavy atom. The minimum Gasteiger partial charge on any atom is -0.482 e. The Morgan fingerprint density at radius 2 is 1.71 bits per heavy atom. The molecule has 1 atom stereocenters. The lowest BCUT2D eigenvalue weighted by atomic mass is 10.0. The molecule has 150 valence electrons. The van der Waals surface area contributed by atoms with Crippen molar-refractivity contribution in [2.75, 3.05) is 13.7 Å². The first-order chi connectivity index (χ1) is 13.3. The Labute approximate surface area is 165 Å². The highest BCUT2D eigenvalue weighted by Crippen LogP contribution is 2.21. The average molecular weight is 385 g/mol. The minimum absolute atomic E-state index is 0.124. The van der Waals surface area contributed by atoms with E-state index in [2.05, 4.69) is 13.8 Å². The number of hydrogen-bond donors (Lipinski definition) is 1. The summed E-state index contributed by atoms with van der Waals surface area (Å²) in [4.78, 5) is 24.8. The van der Waals surface area contributed by atoms with Crippen LogP contribution in [0.1, 0.15) is 37.8 Å². The van der Waals surface area contributed by atoms with E-state index >= 15 is 0 Å². The summed E-state index contributed by atoms with van der Waals surface area (Å²) in [5.74, 6) is 0.394. The van der Waals surface area contributed by atoms with Gasteiger partial charge in [-0.2, -0.15) is 0 Å². The van der Waals surface area contributed by atoms with E-state index in [0.29, 0.717) is 24.0 Å². The molecule has 0 spiro atoms. The van der Waals surface area contributed by atoms with Gasteiger partial charge in [0, 0.05) is 13.6 Å². The molecular formula is C22H27NO5. The van der Waals surface area contributed by atoms with E-state index in [-0.39, 0.29) is 12.5 Å². The molecule has 0 heterocycles. The third-order valence-corrected chi connectivity index (χ3v) is 4.27. The van der Waals surface area contributed by atoms with Crippen molar-refractivity contribution < 1.29 is 24.2 Å². The zero-order chi connectivity index (χ0) is 20.7. The van der Waals surface area contributed by atoms with Crippen molar-refractivity contribution >= 4 is 11.9 Å². The largest absolute Gasteiger partial charge is 0.482 e. The molecule has 0 aliphatic heterocycles. The van der Waals surface area contributed by atoms with Crippen LogP contribution >= 0.6 is 0 Å². The Kier molecular flexibility index (Phi) is 7.44. The molecule has 28 heavy (non-hydrogen) atoms. The summed E-state index contributed by atoms with van der Waals surface area (Å²) in [5.41, 5.74) is 2.07. The molecule has 0 aliphatic carbocycles. The average Bonchev–Trinajstić information content (AvgIpc) is 2.66. The quantitative estimate of drug-likeness (QED) is 0.712. The van der Waals surface area contributed by atoms with Crippen LogP contribution in [0.3, 0.4) is 0 Å². The topological polar surface area (TPSA) is 76.1 Å². The van der Waals surface area contributed by atoms with Crippen LogP contribution in [0.4, 0.5) is 0 Å². The molecule has 2 rings (SSSR count).